The van der Waals surface area contributed by atoms with E-state index < -0.39 is 0 Å². The molecule has 0 unspecified atom stereocenters. The van der Waals surface area contributed by atoms with Crippen LogP contribution in [-0.4, -0.2) is 4.98 Å². The second-order valence-corrected chi connectivity index (χ2v) is 5.00. The number of hydrogen-bond donors (Lipinski definition) is 0. The fraction of sp³-hybridized carbons (Fsp3) is 0.308. The number of rotatable bonds is 4. The molecule has 0 aliphatic rings. The molecule has 1 aromatic heterocycles. The van der Waals surface area contributed by atoms with E-state index in [1.807, 2.05) is 5.38 Å². The summed E-state index contributed by atoms with van der Waals surface area (Å²) in [6.45, 7) is 2.15. The van der Waals surface area contributed by atoms with Gasteiger partial charge in [0.15, 0.2) is 0 Å². The number of benzene rings is 1. The highest BCUT2D eigenvalue weighted by Crippen LogP contribution is 2.15. The van der Waals surface area contributed by atoms with E-state index in [4.69, 9.17) is 11.6 Å². The van der Waals surface area contributed by atoms with Gasteiger partial charge in [0.1, 0.15) is 0 Å². The van der Waals surface area contributed by atoms with Crippen molar-refractivity contribution >= 4 is 22.9 Å². The van der Waals surface area contributed by atoms with Crippen LogP contribution in [0.3, 0.4) is 0 Å². The summed E-state index contributed by atoms with van der Waals surface area (Å²) in [4.78, 5) is 4.46. The molecule has 0 aliphatic carbocycles. The lowest BCUT2D eigenvalue weighted by Gasteiger charge is -2.03. The molecule has 16 heavy (non-hydrogen) atoms. The van der Waals surface area contributed by atoms with Crippen LogP contribution in [0.25, 0.3) is 0 Å². The van der Waals surface area contributed by atoms with Crippen LogP contribution in [0.2, 0.25) is 0 Å². The Morgan fingerprint density at radius 3 is 2.75 bits per heavy atom. The zero-order valence-electron chi connectivity index (χ0n) is 9.24. The van der Waals surface area contributed by atoms with Crippen molar-refractivity contribution in [1.29, 1.82) is 0 Å². The average molecular weight is 252 g/mol. The Labute approximate surface area is 105 Å². The first kappa shape index (κ1) is 11.6. The zero-order chi connectivity index (χ0) is 11.4. The summed E-state index contributed by atoms with van der Waals surface area (Å²) in [6.07, 6.45) is 2.06. The normalized spacial score (nSPS) is 10.6. The van der Waals surface area contributed by atoms with Gasteiger partial charge < -0.3 is 0 Å². The fourth-order valence-electron chi connectivity index (χ4n) is 1.66. The molecule has 84 valence electrons. The molecule has 0 aliphatic heterocycles. The van der Waals surface area contributed by atoms with Gasteiger partial charge in [0.2, 0.25) is 0 Å². The first-order chi connectivity index (χ1) is 7.79. The second kappa shape index (κ2) is 5.46. The molecule has 0 N–H and O–H groups in total. The van der Waals surface area contributed by atoms with E-state index in [0.29, 0.717) is 5.88 Å². The first-order valence-electron chi connectivity index (χ1n) is 5.33. The quantitative estimate of drug-likeness (QED) is 0.750. The lowest BCUT2D eigenvalue weighted by Crippen LogP contribution is -1.93. The van der Waals surface area contributed by atoms with Gasteiger partial charge >= 0.3 is 0 Å². The van der Waals surface area contributed by atoms with E-state index in [1.165, 1.54) is 16.1 Å². The third-order valence-electron chi connectivity index (χ3n) is 2.61. The molecule has 0 fully saturated rings. The maximum Gasteiger partial charge on any atom is 0.0932 e. The fourth-order valence-corrected chi connectivity index (χ4v) is 2.68. The molecule has 0 saturated carbocycles. The lowest BCUT2D eigenvalue weighted by molar-refractivity contribution is 0.926. The Morgan fingerprint density at radius 2 is 2.06 bits per heavy atom. The van der Waals surface area contributed by atoms with Gasteiger partial charge in [-0.3, -0.25) is 0 Å². The highest BCUT2D eigenvalue weighted by atomic mass is 35.5. The van der Waals surface area contributed by atoms with Crippen molar-refractivity contribution in [2.24, 2.45) is 0 Å². The van der Waals surface area contributed by atoms with E-state index in [1.54, 1.807) is 11.3 Å². The SMILES string of the molecule is Cc1ccccc1CCc1nc(CCl)cs1. The first-order valence-corrected chi connectivity index (χ1v) is 6.75. The van der Waals surface area contributed by atoms with Crippen LogP contribution in [0.1, 0.15) is 21.8 Å². The number of hydrogen-bond acceptors (Lipinski definition) is 2. The van der Waals surface area contributed by atoms with Crippen LogP contribution >= 0.6 is 22.9 Å². The van der Waals surface area contributed by atoms with Crippen molar-refractivity contribution in [3.63, 3.8) is 0 Å². The Hall–Kier alpha value is -0.860. The predicted octanol–water partition coefficient (Wildman–Crippen LogP) is 3.98. The van der Waals surface area contributed by atoms with Gasteiger partial charge in [-0.05, 0) is 24.5 Å². The number of halogens is 1. The summed E-state index contributed by atoms with van der Waals surface area (Å²) >= 11 is 7.43. The standard InChI is InChI=1S/C13H14ClNS/c1-10-4-2-3-5-11(10)6-7-13-15-12(8-14)9-16-13/h2-5,9H,6-8H2,1H3. The zero-order valence-corrected chi connectivity index (χ0v) is 10.8. The third kappa shape index (κ3) is 2.83. The van der Waals surface area contributed by atoms with Gasteiger partial charge in [-0.15, -0.1) is 22.9 Å². The van der Waals surface area contributed by atoms with Crippen LogP contribution in [0.15, 0.2) is 29.6 Å². The molecule has 1 heterocycles. The smallest absolute Gasteiger partial charge is 0.0932 e. The van der Waals surface area contributed by atoms with Crippen LogP contribution in [-0.2, 0) is 18.7 Å². The van der Waals surface area contributed by atoms with Gasteiger partial charge in [-0.1, -0.05) is 24.3 Å². The molecule has 0 bridgehead atoms. The van der Waals surface area contributed by atoms with E-state index in [2.05, 4.69) is 36.2 Å². The van der Waals surface area contributed by atoms with Gasteiger partial charge in [0.25, 0.3) is 0 Å². The summed E-state index contributed by atoms with van der Waals surface area (Å²) in [5.74, 6) is 0.515. The minimum atomic E-state index is 0.515. The summed E-state index contributed by atoms with van der Waals surface area (Å²) in [5, 5.41) is 3.22. The van der Waals surface area contributed by atoms with Crippen LogP contribution < -0.4 is 0 Å². The molecule has 0 amide bonds. The summed E-state index contributed by atoms with van der Waals surface area (Å²) in [7, 11) is 0. The summed E-state index contributed by atoms with van der Waals surface area (Å²) < 4.78 is 0. The summed E-state index contributed by atoms with van der Waals surface area (Å²) in [6, 6.07) is 8.51. The second-order valence-electron chi connectivity index (χ2n) is 3.79. The number of alkyl halides is 1. The van der Waals surface area contributed by atoms with Gasteiger partial charge in [-0.2, -0.15) is 0 Å². The average Bonchev–Trinajstić information content (AvgIpc) is 2.76. The van der Waals surface area contributed by atoms with Crippen molar-refractivity contribution < 1.29 is 0 Å². The molecule has 2 rings (SSSR count). The van der Waals surface area contributed by atoms with Crippen molar-refractivity contribution in [3.05, 3.63) is 51.5 Å². The monoisotopic (exact) mass is 251 g/mol. The van der Waals surface area contributed by atoms with Crippen LogP contribution in [0, 0.1) is 6.92 Å². The topological polar surface area (TPSA) is 12.9 Å². The van der Waals surface area contributed by atoms with Crippen molar-refractivity contribution in [2.45, 2.75) is 25.6 Å². The van der Waals surface area contributed by atoms with Gasteiger partial charge in [0.05, 0.1) is 16.6 Å². The predicted molar refractivity (Wildman–Crippen MR) is 70.3 cm³/mol. The maximum atomic E-state index is 5.73. The van der Waals surface area contributed by atoms with E-state index in [9.17, 15) is 0 Å². The van der Waals surface area contributed by atoms with Crippen molar-refractivity contribution in [3.8, 4) is 0 Å². The minimum Gasteiger partial charge on any atom is -0.245 e. The highest BCUT2D eigenvalue weighted by molar-refractivity contribution is 7.09. The molecule has 0 saturated heterocycles. The molecule has 2 aromatic rings. The Kier molecular flexibility index (Phi) is 3.97. The van der Waals surface area contributed by atoms with Crippen molar-refractivity contribution in [1.82, 2.24) is 4.98 Å². The van der Waals surface area contributed by atoms with E-state index in [0.717, 1.165) is 18.5 Å². The largest absolute Gasteiger partial charge is 0.245 e. The number of nitrogens with zero attached hydrogens (tertiary/aromatic N) is 1. The molecule has 1 nitrogen and oxygen atoms in total. The van der Waals surface area contributed by atoms with Crippen LogP contribution in [0.4, 0.5) is 0 Å². The Bertz CT molecular complexity index is 464. The van der Waals surface area contributed by atoms with Crippen LogP contribution in [0.5, 0.6) is 0 Å². The number of thiazole rings is 1. The van der Waals surface area contributed by atoms with Gasteiger partial charge in [-0.25, -0.2) is 4.98 Å². The highest BCUT2D eigenvalue weighted by Gasteiger charge is 2.03. The Morgan fingerprint density at radius 1 is 1.25 bits per heavy atom. The minimum absolute atomic E-state index is 0.515. The molecule has 3 heteroatoms. The summed E-state index contributed by atoms with van der Waals surface area (Å²) in [5.41, 5.74) is 3.76. The number of aryl methyl sites for hydroxylation is 3. The van der Waals surface area contributed by atoms with E-state index >= 15 is 0 Å². The number of aromatic nitrogens is 1. The molecule has 1 aromatic carbocycles. The third-order valence-corrected chi connectivity index (χ3v) is 3.84. The molecular weight excluding hydrogens is 238 g/mol. The maximum absolute atomic E-state index is 5.73. The molecule has 0 radical (unpaired) electrons. The Balaban J connectivity index is 1.99. The van der Waals surface area contributed by atoms with E-state index in [-0.39, 0.29) is 0 Å². The van der Waals surface area contributed by atoms with Crippen molar-refractivity contribution in [2.75, 3.05) is 0 Å². The molecule has 0 atom stereocenters. The van der Waals surface area contributed by atoms with Gasteiger partial charge in [0, 0.05) is 11.8 Å². The lowest BCUT2D eigenvalue weighted by atomic mass is 10.0. The molecule has 0 spiro atoms. The molecular formula is C13H14ClNS.